The maximum absolute atomic E-state index is 13.0. The predicted molar refractivity (Wildman–Crippen MR) is 153 cm³/mol. The second kappa shape index (κ2) is 12.4. The molecule has 0 fully saturated rings. The minimum atomic E-state index is -0.227. The predicted octanol–water partition coefficient (Wildman–Crippen LogP) is 6.93. The summed E-state index contributed by atoms with van der Waals surface area (Å²) in [7, 11) is 0. The molecule has 196 valence electrons. The Morgan fingerprint density at radius 3 is 2.31 bits per heavy atom. The normalized spacial score (nSPS) is 11.3. The topological polar surface area (TPSA) is 81.1 Å². The van der Waals surface area contributed by atoms with E-state index >= 15 is 0 Å². The molecule has 6 nitrogen and oxygen atoms in total. The summed E-state index contributed by atoms with van der Waals surface area (Å²) in [6.45, 7) is 6.95. The first-order valence-electron chi connectivity index (χ1n) is 12.5. The molecule has 1 atom stereocenters. The van der Waals surface area contributed by atoms with Gasteiger partial charge in [-0.05, 0) is 72.9 Å². The van der Waals surface area contributed by atoms with Crippen LogP contribution in [0.15, 0.2) is 91.3 Å². The van der Waals surface area contributed by atoms with Gasteiger partial charge in [0.15, 0.2) is 0 Å². The van der Waals surface area contributed by atoms with Crippen LogP contribution in [-0.4, -0.2) is 21.6 Å². The summed E-state index contributed by atoms with van der Waals surface area (Å²) >= 11 is 6.26. The van der Waals surface area contributed by atoms with E-state index in [2.05, 4.69) is 77.2 Å². The molecule has 0 radical (unpaired) electrons. The summed E-state index contributed by atoms with van der Waals surface area (Å²) in [5.74, 6) is -0.126. The Labute approximate surface area is 232 Å². The molecule has 1 amide bonds. The molecule has 2 heterocycles. The van der Waals surface area contributed by atoms with Gasteiger partial charge in [0.05, 0.1) is 11.1 Å². The molecule has 0 spiro atoms. The van der Waals surface area contributed by atoms with Gasteiger partial charge in [-0.1, -0.05) is 66.2 Å². The molecule has 0 aliphatic heterocycles. The van der Waals surface area contributed by atoms with Crippen LogP contribution in [0.3, 0.4) is 0 Å². The van der Waals surface area contributed by atoms with E-state index in [1.54, 1.807) is 12.4 Å². The van der Waals surface area contributed by atoms with Crippen LogP contribution in [0.1, 0.15) is 45.7 Å². The number of carbonyl (C=O) groups excluding carboxylic acids is 3. The number of aryl methyl sites for hydroxylation is 1. The molecular formula is C32H28ClN3O3. The molecule has 0 bridgehead atoms. The maximum atomic E-state index is 13.0. The second-order valence-electron chi connectivity index (χ2n) is 9.27. The van der Waals surface area contributed by atoms with Gasteiger partial charge < -0.3 is 9.88 Å². The van der Waals surface area contributed by atoms with Crippen molar-refractivity contribution in [2.45, 2.75) is 33.4 Å². The first-order chi connectivity index (χ1) is 18.8. The van der Waals surface area contributed by atoms with Gasteiger partial charge in [-0.2, -0.15) is 9.59 Å². The fraction of sp³-hybridized carbons (Fsp3) is 0.156. The van der Waals surface area contributed by atoms with E-state index in [0.29, 0.717) is 10.6 Å². The molecule has 5 rings (SSSR count). The van der Waals surface area contributed by atoms with Crippen LogP contribution < -0.4 is 5.32 Å². The van der Waals surface area contributed by atoms with E-state index < -0.39 is 0 Å². The van der Waals surface area contributed by atoms with Crippen molar-refractivity contribution >= 4 is 34.6 Å². The lowest BCUT2D eigenvalue weighted by atomic mass is 10.0. The number of hydrogen-bond donors (Lipinski definition) is 1. The molecular weight excluding hydrogens is 510 g/mol. The molecule has 0 saturated carbocycles. The molecule has 7 heteroatoms. The van der Waals surface area contributed by atoms with Crippen LogP contribution in [0.2, 0.25) is 5.02 Å². The average Bonchev–Trinajstić information content (AvgIpc) is 3.18. The molecule has 39 heavy (non-hydrogen) atoms. The molecule has 5 aromatic rings. The van der Waals surface area contributed by atoms with Gasteiger partial charge in [-0.25, -0.2) is 0 Å². The van der Waals surface area contributed by atoms with E-state index in [1.165, 1.54) is 27.9 Å². The van der Waals surface area contributed by atoms with Crippen LogP contribution >= 0.6 is 11.6 Å². The van der Waals surface area contributed by atoms with Gasteiger partial charge >= 0.3 is 6.15 Å². The first-order valence-corrected chi connectivity index (χ1v) is 12.8. The second-order valence-corrected chi connectivity index (χ2v) is 9.67. The van der Waals surface area contributed by atoms with Crippen molar-refractivity contribution in [3.8, 4) is 11.1 Å². The van der Waals surface area contributed by atoms with E-state index in [1.807, 2.05) is 37.3 Å². The lowest BCUT2D eigenvalue weighted by molar-refractivity contribution is -0.191. The monoisotopic (exact) mass is 537 g/mol. The Balaban J connectivity index is 0.00000112. The summed E-state index contributed by atoms with van der Waals surface area (Å²) in [4.78, 5) is 33.3. The van der Waals surface area contributed by atoms with Gasteiger partial charge in [-0.15, -0.1) is 0 Å². The number of carbonyl (C=O) groups is 1. The highest BCUT2D eigenvalue weighted by Crippen LogP contribution is 2.29. The number of nitrogens with one attached hydrogen (secondary N) is 1. The van der Waals surface area contributed by atoms with E-state index in [0.717, 1.165) is 23.0 Å². The highest BCUT2D eigenvalue weighted by molar-refractivity contribution is 6.31. The molecule has 2 aromatic heterocycles. The lowest BCUT2D eigenvalue weighted by Crippen LogP contribution is -2.26. The number of hydrogen-bond acceptors (Lipinski definition) is 4. The third-order valence-electron chi connectivity index (χ3n) is 6.92. The van der Waals surface area contributed by atoms with Gasteiger partial charge in [-0.3, -0.25) is 9.78 Å². The van der Waals surface area contributed by atoms with E-state index in [-0.39, 0.29) is 18.1 Å². The van der Waals surface area contributed by atoms with Crippen LogP contribution in [0, 0.1) is 13.8 Å². The molecule has 0 unspecified atom stereocenters. The number of pyridine rings is 1. The third-order valence-corrected chi connectivity index (χ3v) is 7.24. The van der Waals surface area contributed by atoms with Crippen molar-refractivity contribution in [2.75, 3.05) is 0 Å². The largest absolute Gasteiger partial charge is 0.373 e. The van der Waals surface area contributed by atoms with Crippen LogP contribution in [0.25, 0.3) is 22.0 Å². The minimum Gasteiger partial charge on any atom is -0.345 e. The molecule has 0 aliphatic rings. The SMILES string of the molecule is Cc1c(C)n(Cc2ccc(-c3ccccc3)cc2)c2ccc(C(=O)N[C@@H](C)c3ccncc3Cl)cc12.O=C=O. The number of fused-ring (bicyclic) bond motifs is 1. The van der Waals surface area contributed by atoms with Crippen molar-refractivity contribution in [1.29, 1.82) is 0 Å². The van der Waals surface area contributed by atoms with Crippen LogP contribution in [0.4, 0.5) is 0 Å². The fourth-order valence-electron chi connectivity index (χ4n) is 4.71. The van der Waals surface area contributed by atoms with Crippen molar-refractivity contribution in [2.24, 2.45) is 0 Å². The highest BCUT2D eigenvalue weighted by atomic mass is 35.5. The zero-order valence-corrected chi connectivity index (χ0v) is 22.7. The summed E-state index contributed by atoms with van der Waals surface area (Å²) in [6, 6.07) is 26.7. The number of nitrogens with zero attached hydrogens (tertiary/aromatic N) is 2. The zero-order valence-electron chi connectivity index (χ0n) is 21.9. The van der Waals surface area contributed by atoms with Crippen molar-refractivity contribution in [1.82, 2.24) is 14.9 Å². The Bertz CT molecular complexity index is 1640. The van der Waals surface area contributed by atoms with Crippen molar-refractivity contribution < 1.29 is 14.4 Å². The average molecular weight is 538 g/mol. The molecule has 0 saturated heterocycles. The number of rotatable bonds is 6. The number of amides is 1. The standard InChI is InChI=1S/C31H28ClN3O.CO2/c1-20-22(3)35(19-23-9-11-25(12-10-23)24-7-5-4-6-8-24)30-14-13-26(17-28(20)30)31(36)34-21(2)27-15-16-33-18-29(27)32;2-1-3/h4-18,21H,19H2,1-3H3,(H,34,36);/t21-;/m0./s1. The molecule has 1 N–H and O–H groups in total. The number of halogens is 1. The van der Waals surface area contributed by atoms with E-state index in [9.17, 15) is 4.79 Å². The van der Waals surface area contributed by atoms with Crippen molar-refractivity contribution in [3.05, 3.63) is 124 Å². The van der Waals surface area contributed by atoms with Crippen LogP contribution in [0.5, 0.6) is 0 Å². The van der Waals surface area contributed by atoms with Crippen LogP contribution in [-0.2, 0) is 16.1 Å². The summed E-state index contributed by atoms with van der Waals surface area (Å²) in [5, 5.41) is 4.70. The Morgan fingerprint density at radius 1 is 0.974 bits per heavy atom. The zero-order chi connectivity index (χ0) is 27.9. The third kappa shape index (κ3) is 6.15. The van der Waals surface area contributed by atoms with Gasteiger partial charge in [0.1, 0.15) is 0 Å². The van der Waals surface area contributed by atoms with E-state index in [4.69, 9.17) is 21.2 Å². The Kier molecular flexibility index (Phi) is 8.72. The van der Waals surface area contributed by atoms with Gasteiger partial charge in [0.2, 0.25) is 0 Å². The first kappa shape index (κ1) is 27.5. The molecule has 3 aromatic carbocycles. The number of aromatic nitrogens is 2. The maximum Gasteiger partial charge on any atom is 0.373 e. The highest BCUT2D eigenvalue weighted by Gasteiger charge is 2.17. The Morgan fingerprint density at radius 2 is 1.64 bits per heavy atom. The lowest BCUT2D eigenvalue weighted by Gasteiger charge is -2.15. The van der Waals surface area contributed by atoms with Crippen molar-refractivity contribution in [3.63, 3.8) is 0 Å². The summed E-state index contributed by atoms with van der Waals surface area (Å²) < 4.78 is 2.32. The summed E-state index contributed by atoms with van der Waals surface area (Å²) in [6.07, 6.45) is 3.52. The smallest absolute Gasteiger partial charge is 0.345 e. The molecule has 0 aliphatic carbocycles. The van der Waals surface area contributed by atoms with Gasteiger partial charge in [0.25, 0.3) is 5.91 Å². The quantitative estimate of drug-likeness (QED) is 0.254. The number of benzene rings is 3. The van der Waals surface area contributed by atoms with Gasteiger partial charge in [0, 0.05) is 41.1 Å². The minimum absolute atomic E-state index is 0.126. The fourth-order valence-corrected chi connectivity index (χ4v) is 4.99. The summed E-state index contributed by atoms with van der Waals surface area (Å²) in [5.41, 5.74) is 8.65. The Hall–Kier alpha value is -4.51.